The number of rotatable bonds is 3. The highest BCUT2D eigenvalue weighted by Gasteiger charge is 2.16. The van der Waals surface area contributed by atoms with Gasteiger partial charge in [-0.2, -0.15) is 0 Å². The monoisotopic (exact) mass is 269 g/mol. The molecule has 1 aromatic heterocycles. The van der Waals surface area contributed by atoms with Crippen LogP contribution in [0.1, 0.15) is 5.56 Å². The molecule has 0 radical (unpaired) electrons. The van der Waals surface area contributed by atoms with E-state index >= 15 is 0 Å². The van der Waals surface area contributed by atoms with Crippen LogP contribution >= 0.6 is 12.4 Å². The Labute approximate surface area is 111 Å². The van der Waals surface area contributed by atoms with E-state index in [1.807, 2.05) is 24.4 Å². The normalized spacial score (nSPS) is 11.9. The molecule has 6 heteroatoms. The Morgan fingerprint density at radius 3 is 2.89 bits per heavy atom. The van der Waals surface area contributed by atoms with Gasteiger partial charge in [0.15, 0.2) is 0 Å². The molecule has 0 saturated heterocycles. The number of nitrogens with two attached hydrogens (primary N) is 2. The number of methoxy groups -OCH3 is 1. The van der Waals surface area contributed by atoms with Gasteiger partial charge in [-0.1, -0.05) is 12.1 Å². The Morgan fingerprint density at radius 2 is 2.22 bits per heavy atom. The molecule has 0 bridgehead atoms. The largest absolute Gasteiger partial charge is 0.468 e. The van der Waals surface area contributed by atoms with E-state index < -0.39 is 12.0 Å². The average molecular weight is 270 g/mol. The minimum atomic E-state index is -0.652. The molecule has 0 fully saturated rings. The van der Waals surface area contributed by atoms with E-state index in [2.05, 4.69) is 9.72 Å². The van der Waals surface area contributed by atoms with Gasteiger partial charge in [0, 0.05) is 18.0 Å². The van der Waals surface area contributed by atoms with Crippen LogP contribution in [0.5, 0.6) is 0 Å². The number of hydrogen-bond acceptors (Lipinski definition) is 4. The van der Waals surface area contributed by atoms with Crippen LogP contribution in [0.15, 0.2) is 24.4 Å². The molecular weight excluding hydrogens is 254 g/mol. The van der Waals surface area contributed by atoms with Crippen molar-refractivity contribution >= 4 is 35.0 Å². The number of carbonyl (C=O) groups is 1. The summed E-state index contributed by atoms with van der Waals surface area (Å²) in [6.45, 7) is 0. The minimum Gasteiger partial charge on any atom is -0.468 e. The van der Waals surface area contributed by atoms with Crippen LogP contribution in [-0.4, -0.2) is 24.1 Å². The van der Waals surface area contributed by atoms with Gasteiger partial charge in [0.05, 0.1) is 18.3 Å². The molecule has 1 aromatic carbocycles. The van der Waals surface area contributed by atoms with Gasteiger partial charge in [0.25, 0.3) is 0 Å². The van der Waals surface area contributed by atoms with E-state index in [0.29, 0.717) is 12.1 Å². The van der Waals surface area contributed by atoms with E-state index in [9.17, 15) is 4.79 Å². The van der Waals surface area contributed by atoms with Gasteiger partial charge in [0.2, 0.25) is 0 Å². The lowest BCUT2D eigenvalue weighted by Gasteiger charge is -2.08. The van der Waals surface area contributed by atoms with E-state index in [-0.39, 0.29) is 12.4 Å². The zero-order valence-corrected chi connectivity index (χ0v) is 10.8. The summed E-state index contributed by atoms with van der Waals surface area (Å²) in [5.74, 6) is -0.414. The lowest BCUT2D eigenvalue weighted by atomic mass is 10.1. The maximum Gasteiger partial charge on any atom is 0.322 e. The molecule has 0 aliphatic heterocycles. The fraction of sp³-hybridized carbons (Fsp3) is 0.250. The molecule has 0 spiro atoms. The number of ether oxygens (including phenoxy) is 1. The summed E-state index contributed by atoms with van der Waals surface area (Å²) in [4.78, 5) is 14.3. The maximum atomic E-state index is 11.3. The van der Waals surface area contributed by atoms with Crippen molar-refractivity contribution in [3.05, 3.63) is 30.0 Å². The summed E-state index contributed by atoms with van der Waals surface area (Å²) in [5, 5.41) is 0.990. The number of nitrogen functional groups attached to an aromatic ring is 1. The summed E-state index contributed by atoms with van der Waals surface area (Å²) in [6, 6.07) is 4.99. The van der Waals surface area contributed by atoms with Crippen molar-refractivity contribution in [1.29, 1.82) is 0 Å². The fourth-order valence-corrected chi connectivity index (χ4v) is 1.88. The molecule has 5 nitrogen and oxygen atoms in total. The molecule has 0 amide bonds. The number of carbonyl (C=O) groups excluding carboxylic acids is 1. The number of halogens is 1. The van der Waals surface area contributed by atoms with Crippen LogP contribution in [-0.2, 0) is 16.0 Å². The van der Waals surface area contributed by atoms with Crippen LogP contribution in [0.3, 0.4) is 0 Å². The SMILES string of the molecule is COC(=O)C(N)Cc1c[nH]c2c(N)cccc12.Cl. The topological polar surface area (TPSA) is 94.1 Å². The fourth-order valence-electron chi connectivity index (χ4n) is 1.88. The van der Waals surface area contributed by atoms with Gasteiger partial charge in [-0.25, -0.2) is 0 Å². The highest BCUT2D eigenvalue weighted by molar-refractivity contribution is 5.92. The third-order valence-electron chi connectivity index (χ3n) is 2.78. The number of nitrogens with one attached hydrogen (secondary N) is 1. The Hall–Kier alpha value is -1.72. The second kappa shape index (κ2) is 5.75. The number of para-hydroxylation sites is 1. The molecule has 98 valence electrons. The van der Waals surface area contributed by atoms with E-state index in [1.165, 1.54) is 7.11 Å². The maximum absolute atomic E-state index is 11.3. The molecule has 2 rings (SSSR count). The number of aromatic nitrogens is 1. The summed E-state index contributed by atoms with van der Waals surface area (Å²) < 4.78 is 4.60. The van der Waals surface area contributed by atoms with Crippen molar-refractivity contribution in [3.63, 3.8) is 0 Å². The average Bonchev–Trinajstić information content (AvgIpc) is 2.73. The first-order chi connectivity index (χ1) is 8.13. The quantitative estimate of drug-likeness (QED) is 0.577. The Morgan fingerprint density at radius 1 is 1.50 bits per heavy atom. The standard InChI is InChI=1S/C12H15N3O2.ClH/c1-17-12(16)10(14)5-7-6-15-11-8(7)3-2-4-9(11)13;/h2-4,6,10,15H,5,13-14H2,1H3;1H. The van der Waals surface area contributed by atoms with Crippen LogP contribution in [0.2, 0.25) is 0 Å². The minimum absolute atomic E-state index is 0. The summed E-state index contributed by atoms with van der Waals surface area (Å²) in [7, 11) is 1.33. The first kappa shape index (κ1) is 14.3. The number of esters is 1. The van der Waals surface area contributed by atoms with Crippen LogP contribution in [0, 0.1) is 0 Å². The molecular formula is C12H16ClN3O2. The van der Waals surface area contributed by atoms with Crippen LogP contribution in [0.4, 0.5) is 5.69 Å². The third-order valence-corrected chi connectivity index (χ3v) is 2.78. The summed E-state index contributed by atoms with van der Waals surface area (Å²) in [5.41, 5.74) is 14.1. The summed E-state index contributed by atoms with van der Waals surface area (Å²) >= 11 is 0. The molecule has 2 aromatic rings. The first-order valence-corrected chi connectivity index (χ1v) is 5.31. The molecule has 18 heavy (non-hydrogen) atoms. The van der Waals surface area contributed by atoms with Gasteiger partial charge >= 0.3 is 5.97 Å². The second-order valence-electron chi connectivity index (χ2n) is 3.92. The molecule has 1 atom stereocenters. The number of hydrogen-bond donors (Lipinski definition) is 3. The van der Waals surface area contributed by atoms with Crippen molar-refractivity contribution in [3.8, 4) is 0 Å². The van der Waals surface area contributed by atoms with Crippen LogP contribution in [0.25, 0.3) is 10.9 Å². The van der Waals surface area contributed by atoms with Gasteiger partial charge in [-0.15, -0.1) is 12.4 Å². The van der Waals surface area contributed by atoms with Crippen LogP contribution < -0.4 is 11.5 Å². The van der Waals surface area contributed by atoms with Crippen molar-refractivity contribution in [2.75, 3.05) is 12.8 Å². The number of anilines is 1. The first-order valence-electron chi connectivity index (χ1n) is 5.31. The highest BCUT2D eigenvalue weighted by atomic mass is 35.5. The Balaban J connectivity index is 0.00000162. The van der Waals surface area contributed by atoms with Crippen molar-refractivity contribution < 1.29 is 9.53 Å². The second-order valence-corrected chi connectivity index (χ2v) is 3.92. The number of benzene rings is 1. The van der Waals surface area contributed by atoms with Gasteiger partial charge in [-0.3, -0.25) is 4.79 Å². The molecule has 0 saturated carbocycles. The molecule has 1 heterocycles. The smallest absolute Gasteiger partial charge is 0.322 e. The van der Waals surface area contributed by atoms with E-state index in [0.717, 1.165) is 16.5 Å². The van der Waals surface area contributed by atoms with E-state index in [1.54, 1.807) is 0 Å². The molecule has 0 aliphatic rings. The number of fused-ring (bicyclic) bond motifs is 1. The lowest BCUT2D eigenvalue weighted by Crippen LogP contribution is -2.33. The molecule has 5 N–H and O–H groups in total. The summed E-state index contributed by atoms with van der Waals surface area (Å²) in [6.07, 6.45) is 2.25. The number of aromatic amines is 1. The van der Waals surface area contributed by atoms with Gasteiger partial charge < -0.3 is 21.2 Å². The lowest BCUT2D eigenvalue weighted by molar-refractivity contribution is -0.142. The third kappa shape index (κ3) is 2.57. The zero-order valence-electron chi connectivity index (χ0n) is 9.97. The predicted octanol–water partition coefficient (Wildman–Crippen LogP) is 1.21. The molecule has 0 aliphatic carbocycles. The highest BCUT2D eigenvalue weighted by Crippen LogP contribution is 2.23. The van der Waals surface area contributed by atoms with Crippen molar-refractivity contribution in [2.45, 2.75) is 12.5 Å². The van der Waals surface area contributed by atoms with Gasteiger partial charge in [-0.05, 0) is 11.6 Å². The molecule has 1 unspecified atom stereocenters. The van der Waals surface area contributed by atoms with Gasteiger partial charge in [0.1, 0.15) is 6.04 Å². The van der Waals surface area contributed by atoms with Crippen molar-refractivity contribution in [1.82, 2.24) is 4.98 Å². The Kier molecular flexibility index (Phi) is 4.58. The van der Waals surface area contributed by atoms with E-state index in [4.69, 9.17) is 11.5 Å². The number of H-pyrrole nitrogens is 1. The predicted molar refractivity (Wildman–Crippen MR) is 73.7 cm³/mol. The van der Waals surface area contributed by atoms with Crippen molar-refractivity contribution in [2.24, 2.45) is 5.73 Å². The zero-order chi connectivity index (χ0) is 12.4. The Bertz CT molecular complexity index is 553.